The van der Waals surface area contributed by atoms with E-state index in [-0.39, 0.29) is 42.6 Å². The molecule has 3 amide bonds. The summed E-state index contributed by atoms with van der Waals surface area (Å²) < 4.78 is 33.3. The van der Waals surface area contributed by atoms with Crippen molar-refractivity contribution in [3.8, 4) is 5.75 Å². The van der Waals surface area contributed by atoms with Crippen LogP contribution < -0.4 is 15.4 Å². The maximum Gasteiger partial charge on any atom is 0.255 e. The monoisotopic (exact) mass is 521 g/mol. The van der Waals surface area contributed by atoms with Gasteiger partial charge in [0.1, 0.15) is 24.0 Å². The van der Waals surface area contributed by atoms with Gasteiger partial charge in [-0.25, -0.2) is 8.78 Å². The number of hydrogen-bond acceptors (Lipinski definition) is 4. The van der Waals surface area contributed by atoms with Crippen molar-refractivity contribution in [2.24, 2.45) is 5.92 Å². The van der Waals surface area contributed by atoms with E-state index in [1.807, 2.05) is 13.8 Å². The first-order valence-electron chi connectivity index (χ1n) is 11.9. The van der Waals surface area contributed by atoms with Crippen LogP contribution in [0.2, 0.25) is 5.02 Å². The third-order valence-electron chi connectivity index (χ3n) is 5.62. The summed E-state index contributed by atoms with van der Waals surface area (Å²) >= 11 is 6.09. The van der Waals surface area contributed by atoms with Crippen molar-refractivity contribution in [2.45, 2.75) is 39.2 Å². The molecule has 0 unspecified atom stereocenters. The van der Waals surface area contributed by atoms with Gasteiger partial charge in [0.15, 0.2) is 0 Å². The smallest absolute Gasteiger partial charge is 0.255 e. The number of carbonyl (C=O) groups excluding carboxylic acids is 3. The van der Waals surface area contributed by atoms with Gasteiger partial charge in [0.05, 0.1) is 18.2 Å². The molecule has 2 N–H and O–H groups in total. The number of fused-ring (bicyclic) bond motifs is 1. The van der Waals surface area contributed by atoms with Gasteiger partial charge in [0.2, 0.25) is 5.91 Å². The van der Waals surface area contributed by atoms with Crippen LogP contribution >= 0.6 is 11.6 Å². The van der Waals surface area contributed by atoms with Crippen LogP contribution in [0, 0.1) is 17.6 Å². The summed E-state index contributed by atoms with van der Waals surface area (Å²) in [6.07, 6.45) is 1.54. The van der Waals surface area contributed by atoms with Crippen molar-refractivity contribution in [3.05, 3.63) is 64.2 Å². The molecule has 2 aromatic carbocycles. The first-order chi connectivity index (χ1) is 17.1. The lowest BCUT2D eigenvalue weighted by Gasteiger charge is -2.25. The molecule has 0 saturated carbocycles. The minimum absolute atomic E-state index is 0.0921. The molecule has 36 heavy (non-hydrogen) atoms. The predicted molar refractivity (Wildman–Crippen MR) is 132 cm³/mol. The molecule has 10 heteroatoms. The lowest BCUT2D eigenvalue weighted by molar-refractivity contribution is -0.122. The molecule has 0 aliphatic carbocycles. The first-order valence-corrected chi connectivity index (χ1v) is 12.3. The highest BCUT2D eigenvalue weighted by Gasteiger charge is 2.23. The molecule has 0 spiro atoms. The summed E-state index contributed by atoms with van der Waals surface area (Å²) in [4.78, 5) is 40.0. The second kappa shape index (κ2) is 12.7. The summed E-state index contributed by atoms with van der Waals surface area (Å²) in [5.41, 5.74) is 0.109. The quantitative estimate of drug-likeness (QED) is 0.634. The third kappa shape index (κ3) is 7.91. The highest BCUT2D eigenvalue weighted by molar-refractivity contribution is 6.31. The summed E-state index contributed by atoms with van der Waals surface area (Å²) in [5, 5.41) is 6.10. The van der Waals surface area contributed by atoms with Crippen molar-refractivity contribution < 1.29 is 27.9 Å². The van der Waals surface area contributed by atoms with Crippen LogP contribution in [0.25, 0.3) is 0 Å². The molecule has 2 aromatic rings. The Kier molecular flexibility index (Phi) is 9.64. The standard InChI is InChI=1S/C26H30ClF2N3O4/c1-16(2)9-21-15-36-23-6-5-18(27)12-22(23)25(34)30-7-3-4-8-32(14-24(33)31-21)26(35)17-10-19(28)13-20(29)11-17/h5-6,10-13,16,21H,3-4,7-9,14-15H2,1-2H3,(H,30,34)(H,31,33)/t21-/m1/s1. The molecule has 7 nitrogen and oxygen atoms in total. The molecule has 1 aliphatic heterocycles. The van der Waals surface area contributed by atoms with Gasteiger partial charge < -0.3 is 20.3 Å². The zero-order valence-corrected chi connectivity index (χ0v) is 21.0. The zero-order chi connectivity index (χ0) is 26.2. The number of rotatable bonds is 3. The Balaban J connectivity index is 1.84. The number of nitrogens with zero attached hydrogens (tertiary/aromatic N) is 1. The highest BCUT2D eigenvalue weighted by Crippen LogP contribution is 2.24. The topological polar surface area (TPSA) is 87.7 Å². The van der Waals surface area contributed by atoms with Crippen LogP contribution in [0.1, 0.15) is 53.8 Å². The van der Waals surface area contributed by atoms with Crippen molar-refractivity contribution in [2.75, 3.05) is 26.2 Å². The Hall–Kier alpha value is -3.20. The van der Waals surface area contributed by atoms with E-state index in [4.69, 9.17) is 16.3 Å². The lowest BCUT2D eigenvalue weighted by Crippen LogP contribution is -2.46. The van der Waals surface area contributed by atoms with E-state index in [2.05, 4.69) is 10.6 Å². The van der Waals surface area contributed by atoms with E-state index in [1.54, 1.807) is 12.1 Å². The van der Waals surface area contributed by atoms with Crippen molar-refractivity contribution in [1.29, 1.82) is 0 Å². The van der Waals surface area contributed by atoms with E-state index in [0.29, 0.717) is 42.6 Å². The van der Waals surface area contributed by atoms with E-state index in [9.17, 15) is 23.2 Å². The number of amides is 3. The number of halogens is 3. The van der Waals surface area contributed by atoms with Gasteiger partial charge in [0, 0.05) is 29.7 Å². The molecular formula is C26H30ClF2N3O4. The molecule has 0 aromatic heterocycles. The van der Waals surface area contributed by atoms with Gasteiger partial charge in [0.25, 0.3) is 11.8 Å². The Morgan fingerprint density at radius 1 is 1.14 bits per heavy atom. The Morgan fingerprint density at radius 2 is 1.86 bits per heavy atom. The molecule has 1 heterocycles. The van der Waals surface area contributed by atoms with Gasteiger partial charge >= 0.3 is 0 Å². The number of carbonyl (C=O) groups is 3. The number of ether oxygens (including phenoxy) is 1. The maximum absolute atomic E-state index is 13.7. The summed E-state index contributed by atoms with van der Waals surface area (Å²) in [6, 6.07) is 6.92. The van der Waals surface area contributed by atoms with E-state index < -0.39 is 29.5 Å². The van der Waals surface area contributed by atoms with Gasteiger partial charge in [-0.2, -0.15) is 0 Å². The van der Waals surface area contributed by atoms with Crippen molar-refractivity contribution in [1.82, 2.24) is 15.5 Å². The fourth-order valence-corrected chi connectivity index (χ4v) is 4.19. The fraction of sp³-hybridized carbons (Fsp3) is 0.423. The molecule has 0 bridgehead atoms. The third-order valence-corrected chi connectivity index (χ3v) is 5.85. The number of hydrogen-bond donors (Lipinski definition) is 2. The molecule has 0 fully saturated rings. The highest BCUT2D eigenvalue weighted by atomic mass is 35.5. The van der Waals surface area contributed by atoms with Crippen molar-refractivity contribution in [3.63, 3.8) is 0 Å². The normalized spacial score (nSPS) is 17.8. The van der Waals surface area contributed by atoms with Crippen LogP contribution in [0.3, 0.4) is 0 Å². The Morgan fingerprint density at radius 3 is 2.56 bits per heavy atom. The minimum Gasteiger partial charge on any atom is -0.491 e. The maximum atomic E-state index is 13.7. The molecule has 1 atom stereocenters. The predicted octanol–water partition coefficient (Wildman–Crippen LogP) is 4.19. The minimum atomic E-state index is -0.877. The number of nitrogens with one attached hydrogen (secondary N) is 2. The largest absolute Gasteiger partial charge is 0.491 e. The SMILES string of the molecule is CC(C)C[C@@H]1COc2ccc(Cl)cc2C(=O)NCCCCN(C(=O)c2cc(F)cc(F)c2)CC(=O)N1. The molecule has 0 saturated heterocycles. The second-order valence-corrected chi connectivity index (χ2v) is 9.63. The van der Waals surface area contributed by atoms with Crippen LogP contribution in [0.5, 0.6) is 5.75 Å². The van der Waals surface area contributed by atoms with Crippen LogP contribution in [0.15, 0.2) is 36.4 Å². The average Bonchev–Trinajstić information content (AvgIpc) is 2.80. The summed E-state index contributed by atoms with van der Waals surface area (Å²) in [7, 11) is 0. The Labute approximate surface area is 214 Å². The fourth-order valence-electron chi connectivity index (χ4n) is 4.02. The summed E-state index contributed by atoms with van der Waals surface area (Å²) in [6.45, 7) is 4.27. The van der Waals surface area contributed by atoms with Crippen molar-refractivity contribution >= 4 is 29.3 Å². The van der Waals surface area contributed by atoms with Gasteiger partial charge in [-0.1, -0.05) is 25.4 Å². The van der Waals surface area contributed by atoms with Crippen LogP contribution in [0.4, 0.5) is 8.78 Å². The second-order valence-electron chi connectivity index (χ2n) is 9.19. The molecule has 194 valence electrons. The van der Waals surface area contributed by atoms with Gasteiger partial charge in [-0.3, -0.25) is 14.4 Å². The molecular weight excluding hydrogens is 492 g/mol. The molecule has 0 radical (unpaired) electrons. The van der Waals surface area contributed by atoms with E-state index in [0.717, 1.165) is 12.1 Å². The van der Waals surface area contributed by atoms with E-state index >= 15 is 0 Å². The van der Waals surface area contributed by atoms with Crippen LogP contribution in [-0.2, 0) is 4.79 Å². The zero-order valence-electron chi connectivity index (χ0n) is 20.3. The molecule has 3 rings (SSSR count). The average molecular weight is 522 g/mol. The van der Waals surface area contributed by atoms with E-state index in [1.165, 1.54) is 11.0 Å². The number of benzene rings is 2. The first kappa shape index (κ1) is 27.4. The lowest BCUT2D eigenvalue weighted by atomic mass is 10.0. The van der Waals surface area contributed by atoms with Gasteiger partial charge in [-0.15, -0.1) is 0 Å². The molecule has 1 aliphatic rings. The van der Waals surface area contributed by atoms with Gasteiger partial charge in [-0.05, 0) is 55.5 Å². The van der Waals surface area contributed by atoms with Crippen LogP contribution in [-0.4, -0.2) is 54.9 Å². The summed E-state index contributed by atoms with van der Waals surface area (Å²) in [5.74, 6) is -2.61. The Bertz CT molecular complexity index is 1090.